The smallest absolute Gasteiger partial charge is 0.244 e. The summed E-state index contributed by atoms with van der Waals surface area (Å²) < 4.78 is 10.4. The summed E-state index contributed by atoms with van der Waals surface area (Å²) in [4.78, 5) is 11.8. The van der Waals surface area contributed by atoms with Gasteiger partial charge in [0.15, 0.2) is 5.76 Å². The van der Waals surface area contributed by atoms with Crippen LogP contribution >= 0.6 is 0 Å². The molecule has 0 aliphatic carbocycles. The Morgan fingerprint density at radius 1 is 1.14 bits per heavy atom. The lowest BCUT2D eigenvalue weighted by Crippen LogP contribution is -2.20. The number of furan rings is 1. The maximum atomic E-state index is 11.8. The number of rotatable bonds is 5. The van der Waals surface area contributed by atoms with Crippen molar-refractivity contribution in [2.45, 2.75) is 6.54 Å². The van der Waals surface area contributed by atoms with Crippen LogP contribution in [0, 0.1) is 0 Å². The van der Waals surface area contributed by atoms with E-state index in [0.717, 1.165) is 5.56 Å². The van der Waals surface area contributed by atoms with Crippen molar-refractivity contribution in [2.75, 3.05) is 0 Å². The van der Waals surface area contributed by atoms with Crippen LogP contribution in [-0.4, -0.2) is 11.1 Å². The molecule has 0 aliphatic heterocycles. The Morgan fingerprint density at radius 3 is 2.77 bits per heavy atom. The summed E-state index contributed by atoms with van der Waals surface area (Å²) in [6.45, 7) is 0.294. The highest BCUT2D eigenvalue weighted by molar-refractivity contribution is 5.91. The second-order valence-electron chi connectivity index (χ2n) is 4.62. The minimum Gasteiger partial charge on any atom is -0.461 e. The molecule has 0 spiro atoms. The van der Waals surface area contributed by atoms with Crippen LogP contribution in [0.25, 0.3) is 17.6 Å². The largest absolute Gasteiger partial charge is 0.461 e. The van der Waals surface area contributed by atoms with E-state index in [4.69, 9.17) is 8.94 Å². The van der Waals surface area contributed by atoms with Gasteiger partial charge in [0.2, 0.25) is 11.7 Å². The van der Waals surface area contributed by atoms with Gasteiger partial charge < -0.3 is 14.3 Å². The Morgan fingerprint density at radius 2 is 2.00 bits per heavy atom. The van der Waals surface area contributed by atoms with Crippen molar-refractivity contribution in [3.8, 4) is 11.5 Å². The molecule has 0 atom stereocenters. The van der Waals surface area contributed by atoms with Gasteiger partial charge in [-0.2, -0.15) is 0 Å². The molecule has 3 aromatic rings. The van der Waals surface area contributed by atoms with Gasteiger partial charge in [-0.1, -0.05) is 35.5 Å². The summed E-state index contributed by atoms with van der Waals surface area (Å²) in [6, 6.07) is 14.9. The fourth-order valence-corrected chi connectivity index (χ4v) is 1.90. The molecule has 5 heteroatoms. The van der Waals surface area contributed by atoms with Gasteiger partial charge in [0.05, 0.1) is 12.8 Å². The molecule has 0 fully saturated rings. The van der Waals surface area contributed by atoms with Crippen LogP contribution in [0.3, 0.4) is 0 Å². The molecule has 22 heavy (non-hydrogen) atoms. The van der Waals surface area contributed by atoms with Gasteiger partial charge in [-0.05, 0) is 23.8 Å². The second kappa shape index (κ2) is 6.58. The predicted molar refractivity (Wildman–Crippen MR) is 81.5 cm³/mol. The first-order chi connectivity index (χ1) is 10.8. The van der Waals surface area contributed by atoms with Crippen molar-refractivity contribution in [2.24, 2.45) is 0 Å². The Labute approximate surface area is 127 Å². The van der Waals surface area contributed by atoms with E-state index >= 15 is 0 Å². The molecule has 1 N–H and O–H groups in total. The zero-order chi connectivity index (χ0) is 15.2. The van der Waals surface area contributed by atoms with E-state index in [2.05, 4.69) is 10.5 Å². The van der Waals surface area contributed by atoms with Crippen LogP contribution in [0.15, 0.2) is 69.8 Å². The summed E-state index contributed by atoms with van der Waals surface area (Å²) in [5.74, 6) is 0.953. The molecule has 110 valence electrons. The molecule has 3 rings (SSSR count). The molecule has 2 heterocycles. The number of nitrogens with zero attached hydrogens (tertiary/aromatic N) is 1. The molecule has 1 aromatic carbocycles. The number of hydrogen-bond donors (Lipinski definition) is 1. The molecule has 5 nitrogen and oxygen atoms in total. The van der Waals surface area contributed by atoms with Crippen LogP contribution < -0.4 is 5.32 Å². The number of carbonyl (C=O) groups excluding carboxylic acids is 1. The SMILES string of the molecule is O=C(/C=C\c1ccccc1)NCc1cc(-c2ccco2)on1. The van der Waals surface area contributed by atoms with E-state index in [0.29, 0.717) is 23.8 Å². The average Bonchev–Trinajstić information content (AvgIpc) is 3.22. The van der Waals surface area contributed by atoms with Gasteiger partial charge in [-0.25, -0.2) is 0 Å². The minimum atomic E-state index is -0.189. The maximum absolute atomic E-state index is 11.8. The molecule has 1 amide bonds. The number of carbonyl (C=O) groups is 1. The highest BCUT2D eigenvalue weighted by Crippen LogP contribution is 2.20. The van der Waals surface area contributed by atoms with Crippen molar-refractivity contribution >= 4 is 12.0 Å². The van der Waals surface area contributed by atoms with Gasteiger partial charge >= 0.3 is 0 Å². The zero-order valence-electron chi connectivity index (χ0n) is 11.7. The molecule has 0 unspecified atom stereocenters. The lowest BCUT2D eigenvalue weighted by atomic mass is 10.2. The van der Waals surface area contributed by atoms with Gasteiger partial charge in [0.1, 0.15) is 5.69 Å². The summed E-state index contributed by atoms with van der Waals surface area (Å²) in [5.41, 5.74) is 1.60. The molecule has 2 aromatic heterocycles. The van der Waals surface area contributed by atoms with Crippen molar-refractivity contribution < 1.29 is 13.7 Å². The third kappa shape index (κ3) is 3.52. The van der Waals surface area contributed by atoms with Crippen molar-refractivity contribution in [1.29, 1.82) is 0 Å². The third-order valence-electron chi connectivity index (χ3n) is 2.99. The maximum Gasteiger partial charge on any atom is 0.244 e. The Bertz CT molecular complexity index is 758. The highest BCUT2D eigenvalue weighted by Gasteiger charge is 2.09. The van der Waals surface area contributed by atoms with Crippen LogP contribution in [0.2, 0.25) is 0 Å². The monoisotopic (exact) mass is 294 g/mol. The number of hydrogen-bond acceptors (Lipinski definition) is 4. The molecular formula is C17H14N2O3. The topological polar surface area (TPSA) is 68.3 Å². The van der Waals surface area contributed by atoms with E-state index in [-0.39, 0.29) is 5.91 Å². The summed E-state index contributed by atoms with van der Waals surface area (Å²) in [7, 11) is 0. The second-order valence-corrected chi connectivity index (χ2v) is 4.62. The predicted octanol–water partition coefficient (Wildman–Crippen LogP) is 3.26. The molecular weight excluding hydrogens is 280 g/mol. The third-order valence-corrected chi connectivity index (χ3v) is 2.99. The average molecular weight is 294 g/mol. The van der Waals surface area contributed by atoms with Gasteiger partial charge in [-0.3, -0.25) is 4.79 Å². The van der Waals surface area contributed by atoms with Crippen molar-refractivity contribution in [3.63, 3.8) is 0 Å². The Hall–Kier alpha value is -3.08. The van der Waals surface area contributed by atoms with Crippen LogP contribution in [0.1, 0.15) is 11.3 Å². The van der Waals surface area contributed by atoms with Crippen molar-refractivity contribution in [3.05, 3.63) is 72.1 Å². The van der Waals surface area contributed by atoms with E-state index in [1.165, 1.54) is 6.08 Å². The number of amides is 1. The highest BCUT2D eigenvalue weighted by atomic mass is 16.5. The van der Waals surface area contributed by atoms with Crippen LogP contribution in [0.5, 0.6) is 0 Å². The van der Waals surface area contributed by atoms with Gasteiger partial charge in [0.25, 0.3) is 0 Å². The first-order valence-electron chi connectivity index (χ1n) is 6.82. The molecule has 0 bridgehead atoms. The van der Waals surface area contributed by atoms with E-state index in [9.17, 15) is 4.79 Å². The molecule has 0 radical (unpaired) electrons. The Balaban J connectivity index is 1.54. The zero-order valence-corrected chi connectivity index (χ0v) is 11.7. The normalized spacial score (nSPS) is 10.9. The summed E-state index contributed by atoms with van der Waals surface area (Å²) >= 11 is 0. The van der Waals surface area contributed by atoms with Crippen LogP contribution in [-0.2, 0) is 11.3 Å². The van der Waals surface area contributed by atoms with E-state index < -0.39 is 0 Å². The number of aromatic nitrogens is 1. The Kier molecular flexibility index (Phi) is 4.15. The fourth-order valence-electron chi connectivity index (χ4n) is 1.90. The standard InChI is InChI=1S/C17H14N2O3/c20-17(9-8-13-5-2-1-3-6-13)18-12-14-11-16(22-19-14)15-7-4-10-21-15/h1-11H,12H2,(H,18,20)/b9-8-. The molecule has 0 saturated carbocycles. The lowest BCUT2D eigenvalue weighted by molar-refractivity contribution is -0.116. The first-order valence-corrected chi connectivity index (χ1v) is 6.82. The number of benzene rings is 1. The van der Waals surface area contributed by atoms with Crippen LogP contribution in [0.4, 0.5) is 0 Å². The summed E-state index contributed by atoms with van der Waals surface area (Å²) in [5, 5.41) is 6.64. The van der Waals surface area contributed by atoms with E-state index in [1.54, 1.807) is 30.5 Å². The number of nitrogens with one attached hydrogen (secondary N) is 1. The molecule has 0 aliphatic rings. The van der Waals surface area contributed by atoms with Gasteiger partial charge in [-0.15, -0.1) is 0 Å². The van der Waals surface area contributed by atoms with Gasteiger partial charge in [0, 0.05) is 12.1 Å². The molecule has 0 saturated heterocycles. The first kappa shape index (κ1) is 13.9. The fraction of sp³-hybridized carbons (Fsp3) is 0.0588. The quantitative estimate of drug-likeness (QED) is 0.733. The minimum absolute atomic E-state index is 0.189. The lowest BCUT2D eigenvalue weighted by Gasteiger charge is -1.97. The summed E-state index contributed by atoms with van der Waals surface area (Å²) in [6.07, 6.45) is 4.81. The van der Waals surface area contributed by atoms with Crippen molar-refractivity contribution in [1.82, 2.24) is 10.5 Å². The van der Waals surface area contributed by atoms with E-state index in [1.807, 2.05) is 30.3 Å².